The Labute approximate surface area is 150 Å². The molecule has 2 rings (SSSR count). The maximum atomic E-state index is 11.9. The van der Waals surface area contributed by atoms with Crippen molar-refractivity contribution in [1.82, 2.24) is 5.32 Å². The van der Waals surface area contributed by atoms with Crippen LogP contribution < -0.4 is 40.0 Å². The van der Waals surface area contributed by atoms with Gasteiger partial charge in [0.1, 0.15) is 11.5 Å². The first kappa shape index (κ1) is 18.8. The summed E-state index contributed by atoms with van der Waals surface area (Å²) in [6.07, 6.45) is 2.63. The van der Waals surface area contributed by atoms with Crippen LogP contribution in [0.5, 0.6) is 11.5 Å². The van der Waals surface area contributed by atoms with E-state index in [2.05, 4.69) is 5.32 Å². The van der Waals surface area contributed by atoms with Crippen LogP contribution in [0.3, 0.4) is 0 Å². The van der Waals surface area contributed by atoms with E-state index in [0.29, 0.717) is 19.4 Å². The van der Waals surface area contributed by atoms with Gasteiger partial charge < -0.3 is 25.4 Å². The van der Waals surface area contributed by atoms with E-state index in [-0.39, 0.29) is 58.5 Å². The first-order valence-corrected chi connectivity index (χ1v) is 6.98. The summed E-state index contributed by atoms with van der Waals surface area (Å²) in [4.78, 5) is 22.7. The molecule has 0 heterocycles. The SMILES string of the molecule is O=C(NCC1CCC(C(=O)[O-])CC1)c1ccc(O)cc1O.[Na+]. The van der Waals surface area contributed by atoms with E-state index in [1.807, 2.05) is 0 Å². The second-order valence-corrected chi connectivity index (χ2v) is 5.45. The molecule has 0 aromatic heterocycles. The number of hydrogen-bond donors (Lipinski definition) is 3. The molecule has 114 valence electrons. The van der Waals surface area contributed by atoms with Crippen molar-refractivity contribution in [3.63, 3.8) is 0 Å². The van der Waals surface area contributed by atoms with E-state index in [0.717, 1.165) is 18.9 Å². The average molecular weight is 315 g/mol. The molecule has 0 spiro atoms. The molecule has 1 aliphatic rings. The normalized spacial score (nSPS) is 20.7. The number of aliphatic carboxylic acids is 1. The van der Waals surface area contributed by atoms with E-state index >= 15 is 0 Å². The number of carbonyl (C=O) groups excluding carboxylic acids is 2. The molecule has 0 bridgehead atoms. The molecular weight excluding hydrogens is 297 g/mol. The zero-order chi connectivity index (χ0) is 15.4. The molecular formula is C15H18NNaO5. The van der Waals surface area contributed by atoms with Crippen LogP contribution in [0, 0.1) is 11.8 Å². The summed E-state index contributed by atoms with van der Waals surface area (Å²) in [5, 5.41) is 32.3. The number of hydrogen-bond acceptors (Lipinski definition) is 5. The van der Waals surface area contributed by atoms with Gasteiger partial charge in [-0.3, -0.25) is 4.79 Å². The van der Waals surface area contributed by atoms with Crippen molar-refractivity contribution < 1.29 is 54.5 Å². The van der Waals surface area contributed by atoms with E-state index in [4.69, 9.17) is 0 Å². The number of rotatable bonds is 4. The predicted molar refractivity (Wildman–Crippen MR) is 72.6 cm³/mol. The third-order valence-electron chi connectivity index (χ3n) is 3.96. The quantitative estimate of drug-likeness (QED) is 0.527. The Bertz CT molecular complexity index is 541. The third-order valence-corrected chi connectivity index (χ3v) is 3.96. The van der Waals surface area contributed by atoms with Gasteiger partial charge in [0.05, 0.1) is 5.56 Å². The van der Waals surface area contributed by atoms with Crippen LogP contribution in [0.15, 0.2) is 18.2 Å². The molecule has 1 amide bonds. The van der Waals surface area contributed by atoms with Crippen molar-refractivity contribution in [2.75, 3.05) is 6.54 Å². The fraction of sp³-hybridized carbons (Fsp3) is 0.467. The van der Waals surface area contributed by atoms with Crippen molar-refractivity contribution >= 4 is 11.9 Å². The molecule has 0 unspecified atom stereocenters. The molecule has 6 nitrogen and oxygen atoms in total. The van der Waals surface area contributed by atoms with Crippen LogP contribution in [0.1, 0.15) is 36.0 Å². The summed E-state index contributed by atoms with van der Waals surface area (Å²) >= 11 is 0. The van der Waals surface area contributed by atoms with Crippen LogP contribution in [0.4, 0.5) is 0 Å². The summed E-state index contributed by atoms with van der Waals surface area (Å²) in [6.45, 7) is 0.443. The molecule has 1 aromatic carbocycles. The Morgan fingerprint density at radius 1 is 1.18 bits per heavy atom. The van der Waals surface area contributed by atoms with Gasteiger partial charge in [0, 0.05) is 18.6 Å². The molecule has 1 fully saturated rings. The van der Waals surface area contributed by atoms with E-state index < -0.39 is 11.9 Å². The summed E-state index contributed by atoms with van der Waals surface area (Å²) in [5.41, 5.74) is 0.108. The first-order chi connectivity index (χ1) is 9.97. The van der Waals surface area contributed by atoms with Gasteiger partial charge >= 0.3 is 29.6 Å². The number of carboxylic acid groups (broad SMARTS) is 1. The summed E-state index contributed by atoms with van der Waals surface area (Å²) < 4.78 is 0. The minimum atomic E-state index is -0.994. The van der Waals surface area contributed by atoms with Crippen LogP contribution in [0.25, 0.3) is 0 Å². The van der Waals surface area contributed by atoms with Gasteiger partial charge in [-0.15, -0.1) is 0 Å². The van der Waals surface area contributed by atoms with Gasteiger partial charge in [0.25, 0.3) is 5.91 Å². The summed E-state index contributed by atoms with van der Waals surface area (Å²) in [5.74, 6) is -1.92. The van der Waals surface area contributed by atoms with E-state index in [1.165, 1.54) is 12.1 Å². The number of benzene rings is 1. The minimum Gasteiger partial charge on any atom is -0.550 e. The van der Waals surface area contributed by atoms with Crippen LogP contribution in [-0.2, 0) is 4.79 Å². The topological polar surface area (TPSA) is 110 Å². The average Bonchev–Trinajstić information content (AvgIpc) is 2.45. The fourth-order valence-electron chi connectivity index (χ4n) is 2.65. The molecule has 1 aromatic rings. The van der Waals surface area contributed by atoms with Gasteiger partial charge in [-0.25, -0.2) is 0 Å². The van der Waals surface area contributed by atoms with Crippen molar-refractivity contribution in [1.29, 1.82) is 0 Å². The number of phenolic OH excluding ortho intramolecular Hbond substituents is 2. The van der Waals surface area contributed by atoms with Gasteiger partial charge in [0.2, 0.25) is 0 Å². The maximum Gasteiger partial charge on any atom is 1.00 e. The molecule has 0 saturated heterocycles. The summed E-state index contributed by atoms with van der Waals surface area (Å²) in [6, 6.07) is 3.80. The molecule has 1 aliphatic carbocycles. The van der Waals surface area contributed by atoms with Crippen LogP contribution in [0.2, 0.25) is 0 Å². The second-order valence-electron chi connectivity index (χ2n) is 5.45. The third kappa shape index (κ3) is 4.90. The van der Waals surface area contributed by atoms with Gasteiger partial charge in [-0.2, -0.15) is 0 Å². The first-order valence-electron chi connectivity index (χ1n) is 6.98. The Morgan fingerprint density at radius 2 is 1.82 bits per heavy atom. The number of amides is 1. The largest absolute Gasteiger partial charge is 1.00 e. The van der Waals surface area contributed by atoms with Gasteiger partial charge in [-0.1, -0.05) is 0 Å². The molecule has 0 atom stereocenters. The zero-order valence-corrected chi connectivity index (χ0v) is 14.5. The molecule has 22 heavy (non-hydrogen) atoms. The maximum absolute atomic E-state index is 11.9. The van der Waals surface area contributed by atoms with Crippen molar-refractivity contribution in [3.8, 4) is 11.5 Å². The Morgan fingerprint density at radius 3 is 2.36 bits per heavy atom. The molecule has 0 aliphatic heterocycles. The standard InChI is InChI=1S/C15H19NO5.Na/c17-11-5-6-12(13(18)7-11)14(19)16-8-9-1-3-10(4-2-9)15(20)21;/h5-7,9-10,17-18H,1-4,8H2,(H,16,19)(H,20,21);/q;+1/p-1. The van der Waals surface area contributed by atoms with Crippen molar-refractivity contribution in [3.05, 3.63) is 23.8 Å². The van der Waals surface area contributed by atoms with E-state index in [9.17, 15) is 24.9 Å². The molecule has 0 radical (unpaired) electrons. The number of aromatic hydroxyl groups is 2. The van der Waals surface area contributed by atoms with Crippen LogP contribution >= 0.6 is 0 Å². The van der Waals surface area contributed by atoms with Gasteiger partial charge in [-0.05, 0) is 49.7 Å². The summed E-state index contributed by atoms with van der Waals surface area (Å²) in [7, 11) is 0. The zero-order valence-electron chi connectivity index (χ0n) is 12.5. The second kappa shape index (κ2) is 8.41. The Kier molecular flexibility index (Phi) is 7.19. The fourth-order valence-corrected chi connectivity index (χ4v) is 2.65. The molecule has 7 heteroatoms. The number of carbonyl (C=O) groups is 2. The minimum absolute atomic E-state index is 0. The number of nitrogens with one attached hydrogen (secondary N) is 1. The van der Waals surface area contributed by atoms with Crippen molar-refractivity contribution in [2.45, 2.75) is 25.7 Å². The van der Waals surface area contributed by atoms with Crippen LogP contribution in [-0.4, -0.2) is 28.6 Å². The van der Waals surface area contributed by atoms with Crippen molar-refractivity contribution in [2.24, 2.45) is 11.8 Å². The number of phenols is 2. The van der Waals surface area contributed by atoms with Gasteiger partial charge in [0.15, 0.2) is 0 Å². The Balaban J connectivity index is 0.00000242. The van der Waals surface area contributed by atoms with E-state index in [1.54, 1.807) is 0 Å². The molecule has 1 saturated carbocycles. The number of carboxylic acids is 1. The monoisotopic (exact) mass is 315 g/mol. The predicted octanol–water partition coefficient (Wildman–Crippen LogP) is -2.61. The smallest absolute Gasteiger partial charge is 0.550 e. The molecule has 3 N–H and O–H groups in total. The Hall–Kier alpha value is -1.24.